The number of benzene rings is 1. The van der Waals surface area contributed by atoms with E-state index in [9.17, 15) is 13.2 Å². The van der Waals surface area contributed by atoms with Crippen LogP contribution in [0.2, 0.25) is 0 Å². The molecule has 0 fully saturated rings. The van der Waals surface area contributed by atoms with Crippen molar-refractivity contribution in [2.24, 2.45) is 10.2 Å². The predicted molar refractivity (Wildman–Crippen MR) is 149 cm³/mol. The highest BCUT2D eigenvalue weighted by Crippen LogP contribution is 2.52. The van der Waals surface area contributed by atoms with Crippen molar-refractivity contribution < 1.29 is 13.2 Å². The van der Waals surface area contributed by atoms with E-state index in [1.807, 2.05) is 0 Å². The van der Waals surface area contributed by atoms with Crippen molar-refractivity contribution in [3.8, 4) is 0 Å². The van der Waals surface area contributed by atoms with E-state index in [4.69, 9.17) is 4.74 Å². The van der Waals surface area contributed by atoms with E-state index in [1.165, 1.54) is 57.0 Å². The third-order valence-electron chi connectivity index (χ3n) is 6.44. The minimum atomic E-state index is -4.38. The van der Waals surface area contributed by atoms with Crippen molar-refractivity contribution >= 4 is 12.7 Å². The lowest BCUT2D eigenvalue weighted by Crippen LogP contribution is -2.43. The first-order chi connectivity index (χ1) is 16.3. The summed E-state index contributed by atoms with van der Waals surface area (Å²) >= 11 is 0. The molecule has 0 aromatic heterocycles. The highest BCUT2D eigenvalue weighted by Gasteiger charge is 2.31. The summed E-state index contributed by atoms with van der Waals surface area (Å²) in [5.74, 6) is 0.499. The molecule has 0 aliphatic heterocycles. The fraction of sp³-hybridized carbons (Fsp3) is 0.714. The predicted octanol–water partition coefficient (Wildman–Crippen LogP) is 9.50. The van der Waals surface area contributed by atoms with Crippen LogP contribution >= 0.6 is 7.05 Å². The van der Waals surface area contributed by atoms with E-state index < -0.39 is 18.8 Å². The van der Waals surface area contributed by atoms with Crippen molar-refractivity contribution in [3.05, 3.63) is 41.7 Å². The Balaban J connectivity index is 3.14. The molecule has 0 saturated carbocycles. The summed E-state index contributed by atoms with van der Waals surface area (Å²) in [6.07, 6.45) is 6.53. The number of anilines is 1. The van der Waals surface area contributed by atoms with Crippen LogP contribution in [0.25, 0.3) is 0 Å². The molecule has 0 radical (unpaired) electrons. The van der Waals surface area contributed by atoms with Gasteiger partial charge in [0.2, 0.25) is 0 Å². The molecule has 0 unspecified atom stereocenters. The van der Waals surface area contributed by atoms with Crippen LogP contribution in [0.15, 0.2) is 35.3 Å². The summed E-state index contributed by atoms with van der Waals surface area (Å²) < 4.78 is 45.2. The molecule has 0 spiro atoms. The molecule has 1 aromatic rings. The Kier molecular flexibility index (Phi) is 13.0. The van der Waals surface area contributed by atoms with Gasteiger partial charge in [-0.15, -0.1) is 0 Å². The van der Waals surface area contributed by atoms with Gasteiger partial charge in [0.05, 0.1) is 24.0 Å². The Morgan fingerprint density at radius 1 is 0.943 bits per heavy atom. The van der Waals surface area contributed by atoms with Gasteiger partial charge in [0.25, 0.3) is 0 Å². The maximum Gasteiger partial charge on any atom is 0.416 e. The summed E-state index contributed by atoms with van der Waals surface area (Å²) in [5, 5.41) is 6.52. The van der Waals surface area contributed by atoms with E-state index in [2.05, 4.69) is 58.8 Å². The minimum absolute atomic E-state index is 0.0265. The van der Waals surface area contributed by atoms with Crippen LogP contribution in [-0.4, -0.2) is 31.1 Å². The first kappa shape index (κ1) is 31.6. The first-order valence-electron chi connectivity index (χ1n) is 13.2. The number of unbranched alkanes of at least 4 members (excludes halogenated alkanes) is 3. The lowest BCUT2D eigenvalue weighted by molar-refractivity contribution is -0.137. The third kappa shape index (κ3) is 11.5. The average molecular weight is 516 g/mol. The highest BCUT2D eigenvalue weighted by molar-refractivity contribution is 7.66. The van der Waals surface area contributed by atoms with Crippen LogP contribution in [-0.2, 0) is 6.18 Å². The van der Waals surface area contributed by atoms with E-state index >= 15 is 0 Å². The quantitative estimate of drug-likeness (QED) is 0.228. The van der Waals surface area contributed by atoms with Crippen molar-refractivity contribution in [2.75, 3.05) is 30.3 Å². The third-order valence-corrected chi connectivity index (χ3v) is 10.7. The van der Waals surface area contributed by atoms with E-state index in [1.54, 1.807) is 13.0 Å². The second-order valence-corrected chi connectivity index (χ2v) is 14.7. The molecule has 0 heterocycles. The summed E-state index contributed by atoms with van der Waals surface area (Å²) in [7, 11) is -1.40. The Hall–Kier alpha value is -1.42. The molecule has 0 saturated heterocycles. The van der Waals surface area contributed by atoms with Crippen LogP contribution in [0.4, 0.5) is 18.9 Å². The van der Waals surface area contributed by atoms with Gasteiger partial charge in [-0.3, -0.25) is 0 Å². The number of nitrogens with zero attached hydrogens (tertiary/aromatic N) is 1. The van der Waals surface area contributed by atoms with Gasteiger partial charge in [0.1, 0.15) is 0 Å². The fourth-order valence-corrected chi connectivity index (χ4v) is 8.45. The molecule has 0 aliphatic carbocycles. The van der Waals surface area contributed by atoms with Crippen LogP contribution in [0, 0.1) is 12.3 Å². The lowest BCUT2D eigenvalue weighted by Gasteiger charge is -2.34. The maximum absolute atomic E-state index is 13.3. The zero-order valence-electron chi connectivity index (χ0n) is 23.1. The van der Waals surface area contributed by atoms with Gasteiger partial charge in [0, 0.05) is 5.69 Å². The molecule has 1 rings (SSSR count). The molecular weight excluding hydrogens is 466 g/mol. The van der Waals surface area contributed by atoms with Crippen molar-refractivity contribution in [3.63, 3.8) is 0 Å². The van der Waals surface area contributed by atoms with Gasteiger partial charge in [-0.25, -0.2) is 0 Å². The number of rotatable bonds is 15. The van der Waals surface area contributed by atoms with Crippen LogP contribution in [0.1, 0.15) is 91.2 Å². The van der Waals surface area contributed by atoms with Crippen molar-refractivity contribution in [1.82, 2.24) is 5.32 Å². The molecular formula is C28H49F3N3P. The topological polar surface area (TPSA) is 36.4 Å². The van der Waals surface area contributed by atoms with Crippen LogP contribution in [0.5, 0.6) is 0 Å². The molecule has 0 aliphatic rings. The fourth-order valence-electron chi connectivity index (χ4n) is 4.14. The summed E-state index contributed by atoms with van der Waals surface area (Å²) in [6, 6.07) is 4.02. The Bertz CT molecular complexity index is 812. The monoisotopic (exact) mass is 515 g/mol. The van der Waals surface area contributed by atoms with Gasteiger partial charge in [-0.05, 0) is 80.9 Å². The summed E-state index contributed by atoms with van der Waals surface area (Å²) in [4.78, 5) is 0. The van der Waals surface area contributed by atoms with E-state index in [0.717, 1.165) is 12.1 Å². The number of hydrogen-bond donors (Lipinski definition) is 2. The van der Waals surface area contributed by atoms with Gasteiger partial charge in [-0.1, -0.05) is 67.4 Å². The Labute approximate surface area is 212 Å². The second kappa shape index (κ2) is 14.4. The Morgan fingerprint density at radius 2 is 1.46 bits per heavy atom. The van der Waals surface area contributed by atoms with E-state index in [0.29, 0.717) is 23.6 Å². The number of aryl methyl sites for hydroxylation is 1. The molecule has 0 amide bonds. The molecule has 202 valence electrons. The largest absolute Gasteiger partial charge is 0.416 e. The first-order valence-corrected chi connectivity index (χ1v) is 15.5. The number of nitrogens with one attached hydrogen (secondary N) is 2. The van der Waals surface area contributed by atoms with Gasteiger partial charge < -0.3 is 15.4 Å². The lowest BCUT2D eigenvalue weighted by atomic mass is 9.87. The zero-order chi connectivity index (χ0) is 26.7. The average Bonchev–Trinajstić information content (AvgIpc) is 2.75. The van der Waals surface area contributed by atoms with E-state index in [-0.39, 0.29) is 11.5 Å². The minimum Gasteiger partial charge on any atom is -0.367 e. The number of halogens is 3. The molecule has 2 N–H and O–H groups in total. The van der Waals surface area contributed by atoms with Crippen LogP contribution < -0.4 is 10.6 Å². The maximum atomic E-state index is 13.3. The van der Waals surface area contributed by atoms with Crippen LogP contribution in [0.3, 0.4) is 0 Å². The van der Waals surface area contributed by atoms with Gasteiger partial charge in [-0.2, -0.15) is 13.2 Å². The summed E-state index contributed by atoms with van der Waals surface area (Å²) in [6.45, 7) is 19.7. The normalized spacial score (nSPS) is 13.4. The Morgan fingerprint density at radius 3 is 1.89 bits per heavy atom. The SMILES string of the molecule is C=C(Nc1cc(C)cc(C(F)(F)F)c1)N[C@@H](CN=P(CCCC)(CCCC)CCCC)C(C)(C)C. The van der Waals surface area contributed by atoms with Gasteiger partial charge in [0.15, 0.2) is 0 Å². The molecule has 3 nitrogen and oxygen atoms in total. The number of hydrogen-bond acceptors (Lipinski definition) is 3. The molecule has 35 heavy (non-hydrogen) atoms. The van der Waals surface area contributed by atoms with Gasteiger partial charge >= 0.3 is 6.18 Å². The number of alkyl halides is 3. The zero-order valence-corrected chi connectivity index (χ0v) is 24.0. The second-order valence-electron chi connectivity index (χ2n) is 10.9. The summed E-state index contributed by atoms with van der Waals surface area (Å²) in [5.41, 5.74) is 0.186. The standard InChI is InChI=1S/C28H49F3N3P/c1-9-12-15-35(16-13-10-2,17-14-11-3)32-21-26(27(6,7)8)34-23(5)33-25-19-22(4)18-24(20-25)28(29,30)31/h18-20,26,33-34H,5,9-17,21H2,1-4,6-8H3/t26-/m0/s1. The van der Waals surface area contributed by atoms with Crippen molar-refractivity contribution in [1.29, 1.82) is 0 Å². The molecule has 1 aromatic carbocycles. The molecule has 7 heteroatoms. The highest BCUT2D eigenvalue weighted by atomic mass is 31.2. The van der Waals surface area contributed by atoms with Crippen molar-refractivity contribution in [2.45, 2.75) is 99.2 Å². The molecule has 0 bridgehead atoms. The smallest absolute Gasteiger partial charge is 0.367 e. The molecule has 1 atom stereocenters.